The number of nitrogens with zero attached hydrogens (tertiary/aromatic N) is 3. The molecule has 0 radical (unpaired) electrons. The Balaban J connectivity index is 1.56. The molecule has 3 rings (SSSR count). The van der Waals surface area contributed by atoms with Crippen molar-refractivity contribution in [2.75, 3.05) is 5.75 Å². The summed E-state index contributed by atoms with van der Waals surface area (Å²) in [4.78, 5) is 26.3. The van der Waals surface area contributed by atoms with Gasteiger partial charge in [0.25, 0.3) is 5.91 Å². The zero-order valence-electron chi connectivity index (χ0n) is 13.2. The van der Waals surface area contributed by atoms with Crippen LogP contribution in [0.4, 0.5) is 5.69 Å². The minimum atomic E-state index is -0.695. The summed E-state index contributed by atoms with van der Waals surface area (Å²) in [5, 5.41) is 24.3. The molecule has 0 aliphatic rings. The minimum Gasteiger partial charge on any atom is -0.502 e. The van der Waals surface area contributed by atoms with Crippen LogP contribution in [0.2, 0.25) is 0 Å². The zero-order valence-corrected chi connectivity index (χ0v) is 14.8. The molecule has 132 valence electrons. The van der Waals surface area contributed by atoms with E-state index >= 15 is 0 Å². The fourth-order valence-electron chi connectivity index (χ4n) is 2.05. The Morgan fingerprint density at radius 1 is 1.35 bits per heavy atom. The SMILES string of the molecule is O=C(CSc1nc2ccccc2s1)N/N=C\c1cccc([N+](=O)[O-])c1O. The van der Waals surface area contributed by atoms with E-state index in [0.29, 0.717) is 0 Å². The Morgan fingerprint density at radius 2 is 2.15 bits per heavy atom. The van der Waals surface area contributed by atoms with Gasteiger partial charge in [-0.3, -0.25) is 14.9 Å². The Labute approximate surface area is 155 Å². The van der Waals surface area contributed by atoms with Gasteiger partial charge in [-0.2, -0.15) is 5.10 Å². The van der Waals surface area contributed by atoms with E-state index in [2.05, 4.69) is 15.5 Å². The minimum absolute atomic E-state index is 0.123. The molecule has 0 atom stereocenters. The van der Waals surface area contributed by atoms with Crippen molar-refractivity contribution < 1.29 is 14.8 Å². The van der Waals surface area contributed by atoms with Crippen LogP contribution in [-0.4, -0.2) is 32.9 Å². The van der Waals surface area contributed by atoms with E-state index in [-0.39, 0.29) is 17.2 Å². The Hall–Kier alpha value is -2.98. The van der Waals surface area contributed by atoms with Crippen molar-refractivity contribution in [3.63, 3.8) is 0 Å². The van der Waals surface area contributed by atoms with E-state index in [1.807, 2.05) is 24.3 Å². The number of amides is 1. The van der Waals surface area contributed by atoms with Crippen molar-refractivity contribution in [1.82, 2.24) is 10.4 Å². The van der Waals surface area contributed by atoms with Gasteiger partial charge in [-0.1, -0.05) is 30.0 Å². The van der Waals surface area contributed by atoms with Crippen LogP contribution in [0.1, 0.15) is 5.56 Å². The third-order valence-corrected chi connectivity index (χ3v) is 5.42. The lowest BCUT2D eigenvalue weighted by Gasteiger charge is -2.00. The summed E-state index contributed by atoms with van der Waals surface area (Å²) in [6, 6.07) is 11.8. The first-order chi connectivity index (χ1) is 12.5. The van der Waals surface area contributed by atoms with Crippen LogP contribution in [0.3, 0.4) is 0 Å². The second-order valence-electron chi connectivity index (χ2n) is 5.00. The number of rotatable bonds is 6. The van der Waals surface area contributed by atoms with Crippen LogP contribution in [0.25, 0.3) is 10.2 Å². The average molecular weight is 388 g/mol. The number of nitro groups is 1. The molecule has 0 spiro atoms. The highest BCUT2D eigenvalue weighted by atomic mass is 32.2. The number of hydrogen-bond acceptors (Lipinski definition) is 8. The fraction of sp³-hybridized carbons (Fsp3) is 0.0625. The topological polar surface area (TPSA) is 118 Å². The first-order valence-corrected chi connectivity index (χ1v) is 9.11. The normalized spacial score (nSPS) is 11.1. The second-order valence-corrected chi connectivity index (χ2v) is 7.25. The van der Waals surface area contributed by atoms with E-state index in [0.717, 1.165) is 20.8 Å². The third kappa shape index (κ3) is 4.16. The molecule has 3 aromatic rings. The molecule has 2 aromatic carbocycles. The van der Waals surface area contributed by atoms with Crippen LogP contribution >= 0.6 is 23.1 Å². The van der Waals surface area contributed by atoms with Crippen molar-refractivity contribution in [3.05, 3.63) is 58.1 Å². The smallest absolute Gasteiger partial charge is 0.311 e. The van der Waals surface area contributed by atoms with Crippen LogP contribution in [0.5, 0.6) is 5.75 Å². The molecule has 26 heavy (non-hydrogen) atoms. The number of phenols is 1. The number of phenolic OH excluding ortho intramolecular Hbond substituents is 1. The number of nitro benzene ring substituents is 1. The number of benzene rings is 2. The summed E-state index contributed by atoms with van der Waals surface area (Å²) < 4.78 is 1.83. The van der Waals surface area contributed by atoms with E-state index in [4.69, 9.17) is 0 Å². The number of para-hydroxylation sites is 2. The first kappa shape index (κ1) is 17.8. The van der Waals surface area contributed by atoms with Crippen LogP contribution < -0.4 is 5.43 Å². The monoisotopic (exact) mass is 388 g/mol. The van der Waals surface area contributed by atoms with Gasteiger partial charge in [-0.05, 0) is 18.2 Å². The number of aromatic hydroxyl groups is 1. The summed E-state index contributed by atoms with van der Waals surface area (Å²) in [6.07, 6.45) is 1.16. The van der Waals surface area contributed by atoms with Gasteiger partial charge >= 0.3 is 5.69 Å². The highest BCUT2D eigenvalue weighted by Crippen LogP contribution is 2.29. The van der Waals surface area contributed by atoms with Gasteiger partial charge < -0.3 is 5.11 Å². The standard InChI is InChI=1S/C16H12N4O4S2/c21-14(9-25-16-18-11-5-1-2-7-13(11)26-16)19-17-8-10-4-3-6-12(15(10)22)20(23)24/h1-8,22H,9H2,(H,19,21)/b17-8-. The number of aromatic nitrogens is 1. The van der Waals surface area contributed by atoms with Gasteiger partial charge in [0, 0.05) is 11.6 Å². The third-order valence-electron chi connectivity index (χ3n) is 3.24. The zero-order chi connectivity index (χ0) is 18.5. The van der Waals surface area contributed by atoms with E-state index in [9.17, 15) is 20.0 Å². The number of thiazole rings is 1. The number of fused-ring (bicyclic) bond motifs is 1. The Kier molecular flexibility index (Phi) is 5.44. The fourth-order valence-corrected chi connectivity index (χ4v) is 3.91. The van der Waals surface area contributed by atoms with Gasteiger partial charge in [-0.15, -0.1) is 11.3 Å². The molecule has 0 unspecified atom stereocenters. The molecule has 1 heterocycles. The second kappa shape index (κ2) is 7.93. The van der Waals surface area contributed by atoms with E-state index < -0.39 is 16.4 Å². The molecular formula is C16H12N4O4S2. The van der Waals surface area contributed by atoms with Crippen molar-refractivity contribution in [1.29, 1.82) is 0 Å². The van der Waals surface area contributed by atoms with Crippen molar-refractivity contribution >= 4 is 51.1 Å². The molecule has 2 N–H and O–H groups in total. The predicted molar refractivity (Wildman–Crippen MR) is 101 cm³/mol. The molecule has 0 bridgehead atoms. The number of hydrogen-bond donors (Lipinski definition) is 2. The average Bonchev–Trinajstić information content (AvgIpc) is 3.04. The molecule has 1 aromatic heterocycles. The predicted octanol–water partition coefficient (Wildman–Crippen LogP) is 3.15. The molecule has 10 heteroatoms. The Morgan fingerprint density at radius 3 is 2.92 bits per heavy atom. The Bertz CT molecular complexity index is 970. The van der Waals surface area contributed by atoms with Gasteiger partial charge in [0.15, 0.2) is 4.34 Å². The van der Waals surface area contributed by atoms with Crippen LogP contribution in [0, 0.1) is 10.1 Å². The lowest BCUT2D eigenvalue weighted by Crippen LogP contribution is -2.19. The molecular weight excluding hydrogens is 376 g/mol. The molecule has 0 aliphatic heterocycles. The maximum atomic E-state index is 11.8. The summed E-state index contributed by atoms with van der Waals surface area (Å²) in [6.45, 7) is 0. The highest BCUT2D eigenvalue weighted by molar-refractivity contribution is 8.01. The number of carbonyl (C=O) groups excluding carboxylic acids is 1. The molecule has 0 aliphatic carbocycles. The van der Waals surface area contributed by atoms with Crippen LogP contribution in [0.15, 0.2) is 51.9 Å². The summed E-state index contributed by atoms with van der Waals surface area (Å²) in [7, 11) is 0. The maximum absolute atomic E-state index is 11.8. The van der Waals surface area contributed by atoms with E-state index in [1.165, 1.54) is 41.3 Å². The molecule has 0 saturated heterocycles. The van der Waals surface area contributed by atoms with Gasteiger partial charge in [-0.25, -0.2) is 10.4 Å². The molecule has 8 nitrogen and oxygen atoms in total. The van der Waals surface area contributed by atoms with Crippen molar-refractivity contribution in [2.24, 2.45) is 5.10 Å². The summed E-state index contributed by atoms with van der Waals surface area (Å²) in [5.41, 5.74) is 2.92. The number of hydrazone groups is 1. The van der Waals surface area contributed by atoms with Gasteiger partial charge in [0.2, 0.25) is 5.75 Å². The van der Waals surface area contributed by atoms with E-state index in [1.54, 1.807) is 0 Å². The quantitative estimate of drug-likeness (QED) is 0.290. The van der Waals surface area contributed by atoms with Crippen molar-refractivity contribution in [3.8, 4) is 5.75 Å². The molecule has 0 saturated carbocycles. The summed E-state index contributed by atoms with van der Waals surface area (Å²) in [5.74, 6) is -0.729. The van der Waals surface area contributed by atoms with Crippen molar-refractivity contribution in [2.45, 2.75) is 4.34 Å². The van der Waals surface area contributed by atoms with Gasteiger partial charge in [0.1, 0.15) is 0 Å². The number of thioether (sulfide) groups is 1. The number of carbonyl (C=O) groups is 1. The first-order valence-electron chi connectivity index (χ1n) is 7.31. The maximum Gasteiger partial charge on any atom is 0.311 e. The van der Waals surface area contributed by atoms with Crippen LogP contribution in [-0.2, 0) is 4.79 Å². The number of nitrogens with one attached hydrogen (secondary N) is 1. The molecule has 0 fully saturated rings. The highest BCUT2D eigenvalue weighted by Gasteiger charge is 2.15. The summed E-state index contributed by atoms with van der Waals surface area (Å²) >= 11 is 2.80. The lowest BCUT2D eigenvalue weighted by atomic mass is 10.2. The van der Waals surface area contributed by atoms with Gasteiger partial charge in [0.05, 0.1) is 27.1 Å². The largest absolute Gasteiger partial charge is 0.502 e. The molecule has 1 amide bonds. The lowest BCUT2D eigenvalue weighted by molar-refractivity contribution is -0.385.